The minimum atomic E-state index is -4.51. The second-order valence-corrected chi connectivity index (χ2v) is 5.47. The number of hydrogen-bond donors (Lipinski definition) is 1. The van der Waals surface area contributed by atoms with E-state index in [4.69, 9.17) is 5.26 Å². The minimum absolute atomic E-state index is 0.0216. The van der Waals surface area contributed by atoms with Gasteiger partial charge >= 0.3 is 6.18 Å². The summed E-state index contributed by atoms with van der Waals surface area (Å²) in [6.45, 7) is 1.99. The minimum Gasteiger partial charge on any atom is -0.377 e. The molecule has 1 aromatic heterocycles. The smallest absolute Gasteiger partial charge is 0.377 e. The van der Waals surface area contributed by atoms with Crippen LogP contribution in [0.3, 0.4) is 0 Å². The maximum Gasteiger partial charge on any atom is 0.417 e. The van der Waals surface area contributed by atoms with Crippen LogP contribution in [0.5, 0.6) is 0 Å². The molecule has 1 unspecified atom stereocenters. The Morgan fingerprint density at radius 1 is 1.33 bits per heavy atom. The molecule has 1 N–H and O–H groups in total. The van der Waals surface area contributed by atoms with E-state index < -0.39 is 11.7 Å². The van der Waals surface area contributed by atoms with Crippen LogP contribution in [0.4, 0.5) is 18.9 Å². The van der Waals surface area contributed by atoms with E-state index in [-0.39, 0.29) is 11.6 Å². The molecule has 2 aromatic rings. The lowest BCUT2D eigenvalue weighted by Crippen LogP contribution is -2.11. The SMILES string of the molecule is CCC(Nc1ccc(C(F)(F)F)c(C#N)c1)c1cccs1. The van der Waals surface area contributed by atoms with Crippen molar-refractivity contribution in [1.82, 2.24) is 0 Å². The summed E-state index contributed by atoms with van der Waals surface area (Å²) in [5.74, 6) is 0. The van der Waals surface area contributed by atoms with Crippen molar-refractivity contribution in [2.45, 2.75) is 25.6 Å². The molecule has 0 saturated carbocycles. The zero-order chi connectivity index (χ0) is 15.5. The molecule has 1 heterocycles. The monoisotopic (exact) mass is 310 g/mol. The van der Waals surface area contributed by atoms with Gasteiger partial charge in [0.25, 0.3) is 0 Å². The number of nitrogens with one attached hydrogen (secondary N) is 1. The van der Waals surface area contributed by atoms with Gasteiger partial charge in [0.05, 0.1) is 23.2 Å². The van der Waals surface area contributed by atoms with Crippen molar-refractivity contribution in [3.05, 3.63) is 51.7 Å². The lowest BCUT2D eigenvalue weighted by Gasteiger charge is -2.18. The Kier molecular flexibility index (Phi) is 4.53. The highest BCUT2D eigenvalue weighted by atomic mass is 32.1. The van der Waals surface area contributed by atoms with Crippen LogP contribution < -0.4 is 5.32 Å². The first-order valence-electron chi connectivity index (χ1n) is 6.37. The Bertz CT molecular complexity index is 642. The second-order valence-electron chi connectivity index (χ2n) is 4.49. The molecule has 2 rings (SSSR count). The summed E-state index contributed by atoms with van der Waals surface area (Å²) >= 11 is 1.58. The molecule has 0 aliphatic heterocycles. The Morgan fingerprint density at radius 3 is 2.62 bits per heavy atom. The van der Waals surface area contributed by atoms with Crippen molar-refractivity contribution in [2.24, 2.45) is 0 Å². The molecule has 1 aromatic carbocycles. The topological polar surface area (TPSA) is 35.8 Å². The zero-order valence-electron chi connectivity index (χ0n) is 11.2. The van der Waals surface area contributed by atoms with Gasteiger partial charge in [0, 0.05) is 10.6 Å². The van der Waals surface area contributed by atoms with E-state index in [0.717, 1.165) is 17.4 Å². The van der Waals surface area contributed by atoms with Gasteiger partial charge in [-0.05, 0) is 36.1 Å². The van der Waals surface area contributed by atoms with E-state index in [9.17, 15) is 13.2 Å². The van der Waals surface area contributed by atoms with Gasteiger partial charge in [0.2, 0.25) is 0 Å². The first-order valence-corrected chi connectivity index (χ1v) is 7.25. The Hall–Kier alpha value is -2.00. The van der Waals surface area contributed by atoms with Gasteiger partial charge in [0.15, 0.2) is 0 Å². The van der Waals surface area contributed by atoms with Crippen LogP contribution >= 0.6 is 11.3 Å². The van der Waals surface area contributed by atoms with Gasteiger partial charge in [-0.3, -0.25) is 0 Å². The summed E-state index contributed by atoms with van der Waals surface area (Å²) < 4.78 is 38.2. The molecule has 0 fully saturated rings. The van der Waals surface area contributed by atoms with Crippen molar-refractivity contribution in [2.75, 3.05) is 5.32 Å². The maximum atomic E-state index is 12.7. The number of anilines is 1. The lowest BCUT2D eigenvalue weighted by atomic mass is 10.1. The fourth-order valence-electron chi connectivity index (χ4n) is 2.04. The molecular formula is C15H13F3N2S. The normalized spacial score (nSPS) is 12.7. The highest BCUT2D eigenvalue weighted by Crippen LogP contribution is 2.34. The number of hydrogen-bond acceptors (Lipinski definition) is 3. The summed E-state index contributed by atoms with van der Waals surface area (Å²) in [5, 5.41) is 14.0. The van der Waals surface area contributed by atoms with Crippen molar-refractivity contribution >= 4 is 17.0 Å². The second kappa shape index (κ2) is 6.19. The highest BCUT2D eigenvalue weighted by molar-refractivity contribution is 7.10. The predicted molar refractivity (Wildman–Crippen MR) is 77.1 cm³/mol. The summed E-state index contributed by atoms with van der Waals surface area (Å²) in [6, 6.07) is 9.09. The molecule has 21 heavy (non-hydrogen) atoms. The highest BCUT2D eigenvalue weighted by Gasteiger charge is 2.33. The number of alkyl halides is 3. The van der Waals surface area contributed by atoms with Crippen LogP contribution in [0, 0.1) is 11.3 Å². The molecule has 0 bridgehead atoms. The van der Waals surface area contributed by atoms with Crippen molar-refractivity contribution < 1.29 is 13.2 Å². The van der Waals surface area contributed by atoms with Crippen molar-refractivity contribution in [3.63, 3.8) is 0 Å². The third-order valence-electron chi connectivity index (χ3n) is 3.08. The molecule has 0 aliphatic rings. The Balaban J connectivity index is 2.28. The Labute approximate surface area is 124 Å². The van der Waals surface area contributed by atoms with Crippen LogP contribution in [0.2, 0.25) is 0 Å². The molecule has 0 radical (unpaired) electrons. The van der Waals surface area contributed by atoms with Gasteiger partial charge in [0.1, 0.15) is 0 Å². The van der Waals surface area contributed by atoms with Crippen LogP contribution in [0.15, 0.2) is 35.7 Å². The molecule has 1 atom stereocenters. The van der Waals surface area contributed by atoms with Crippen LogP contribution in [0.25, 0.3) is 0 Å². The van der Waals surface area contributed by atoms with E-state index in [1.165, 1.54) is 12.1 Å². The average Bonchev–Trinajstić information content (AvgIpc) is 2.97. The molecule has 110 valence electrons. The molecule has 0 spiro atoms. The summed E-state index contributed by atoms with van der Waals surface area (Å²) in [5.41, 5.74) is -0.756. The predicted octanol–water partition coefficient (Wildman–Crippen LogP) is 5.20. The summed E-state index contributed by atoms with van der Waals surface area (Å²) in [6.07, 6.45) is -3.72. The molecule has 0 saturated heterocycles. The fraction of sp³-hybridized carbons (Fsp3) is 0.267. The quantitative estimate of drug-likeness (QED) is 0.842. The molecular weight excluding hydrogens is 297 g/mol. The molecule has 0 amide bonds. The van der Waals surface area contributed by atoms with Gasteiger partial charge < -0.3 is 5.32 Å². The number of rotatable bonds is 4. The summed E-state index contributed by atoms with van der Waals surface area (Å²) in [7, 11) is 0. The number of nitrogens with zero attached hydrogens (tertiary/aromatic N) is 1. The maximum absolute atomic E-state index is 12.7. The third kappa shape index (κ3) is 3.56. The molecule has 6 heteroatoms. The molecule has 2 nitrogen and oxygen atoms in total. The van der Waals surface area contributed by atoms with Gasteiger partial charge in [-0.25, -0.2) is 0 Å². The third-order valence-corrected chi connectivity index (χ3v) is 4.07. The van der Waals surface area contributed by atoms with E-state index in [1.54, 1.807) is 17.4 Å². The number of halogens is 3. The largest absolute Gasteiger partial charge is 0.417 e. The van der Waals surface area contributed by atoms with E-state index >= 15 is 0 Å². The van der Waals surface area contributed by atoms with Gasteiger partial charge in [-0.1, -0.05) is 13.0 Å². The first kappa shape index (κ1) is 15.4. The van der Waals surface area contributed by atoms with Crippen molar-refractivity contribution in [1.29, 1.82) is 5.26 Å². The zero-order valence-corrected chi connectivity index (χ0v) is 12.1. The number of benzene rings is 1. The number of nitriles is 1. The van der Waals surface area contributed by atoms with Crippen LogP contribution in [0.1, 0.15) is 35.4 Å². The molecule has 0 aliphatic carbocycles. The van der Waals surface area contributed by atoms with Crippen molar-refractivity contribution in [3.8, 4) is 6.07 Å². The van der Waals surface area contributed by atoms with Gasteiger partial charge in [-0.15, -0.1) is 11.3 Å². The van der Waals surface area contributed by atoms with Gasteiger partial charge in [-0.2, -0.15) is 18.4 Å². The average molecular weight is 310 g/mol. The van der Waals surface area contributed by atoms with Crippen LogP contribution in [-0.2, 0) is 6.18 Å². The van der Waals surface area contributed by atoms with Crippen LogP contribution in [-0.4, -0.2) is 0 Å². The lowest BCUT2D eigenvalue weighted by molar-refractivity contribution is -0.137. The standard InChI is InChI=1S/C15H13F3N2S/c1-2-13(14-4-3-7-21-14)20-11-5-6-12(15(16,17)18)10(8-11)9-19/h3-8,13,20H,2H2,1H3. The van der Waals surface area contributed by atoms with E-state index in [0.29, 0.717) is 5.69 Å². The fourth-order valence-corrected chi connectivity index (χ4v) is 2.90. The van der Waals surface area contributed by atoms with E-state index in [2.05, 4.69) is 5.32 Å². The number of thiophene rings is 1. The van der Waals surface area contributed by atoms with E-state index in [1.807, 2.05) is 24.4 Å². The summed E-state index contributed by atoms with van der Waals surface area (Å²) in [4.78, 5) is 1.11. The first-order chi connectivity index (χ1) is 9.95. The Morgan fingerprint density at radius 2 is 2.10 bits per heavy atom.